The van der Waals surface area contributed by atoms with Gasteiger partial charge in [-0.2, -0.15) is 0 Å². The third-order valence-corrected chi connectivity index (χ3v) is 4.35. The van der Waals surface area contributed by atoms with Crippen LogP contribution in [-0.4, -0.2) is 48.9 Å². The van der Waals surface area contributed by atoms with Gasteiger partial charge >= 0.3 is 0 Å². The predicted octanol–water partition coefficient (Wildman–Crippen LogP) is 1.61. The number of amides is 1. The first kappa shape index (κ1) is 14.5. The minimum absolute atomic E-state index is 0.0889. The molecule has 1 aliphatic rings. The molecule has 1 saturated heterocycles. The van der Waals surface area contributed by atoms with E-state index in [4.69, 9.17) is 5.73 Å². The summed E-state index contributed by atoms with van der Waals surface area (Å²) in [5.74, 6) is 0.169. The Bertz CT molecular complexity index is 452. The van der Waals surface area contributed by atoms with Gasteiger partial charge in [-0.1, -0.05) is 34.1 Å². The van der Waals surface area contributed by atoms with Gasteiger partial charge in [0.15, 0.2) is 0 Å². The number of carbonyl (C=O) groups is 1. The quantitative estimate of drug-likeness (QED) is 0.918. The van der Waals surface area contributed by atoms with Crippen molar-refractivity contribution < 1.29 is 4.79 Å². The van der Waals surface area contributed by atoms with E-state index in [1.807, 2.05) is 25.2 Å². The van der Waals surface area contributed by atoms with Crippen molar-refractivity contribution in [1.29, 1.82) is 0 Å². The van der Waals surface area contributed by atoms with Crippen LogP contribution in [0.2, 0.25) is 0 Å². The van der Waals surface area contributed by atoms with Gasteiger partial charge in [0.25, 0.3) is 0 Å². The molecular formula is C14H20BrN3O. The number of rotatable bonds is 3. The van der Waals surface area contributed by atoms with Crippen LogP contribution in [0.5, 0.6) is 0 Å². The molecule has 1 unspecified atom stereocenters. The summed E-state index contributed by atoms with van der Waals surface area (Å²) in [5.41, 5.74) is 7.10. The van der Waals surface area contributed by atoms with Gasteiger partial charge in [-0.25, -0.2) is 0 Å². The second kappa shape index (κ2) is 6.50. The number of hydrogen-bond donors (Lipinski definition) is 1. The molecule has 2 rings (SSSR count). The number of nitrogens with zero attached hydrogens (tertiary/aromatic N) is 2. The van der Waals surface area contributed by atoms with E-state index in [2.05, 4.69) is 26.9 Å². The van der Waals surface area contributed by atoms with Crippen molar-refractivity contribution in [1.82, 2.24) is 9.80 Å². The van der Waals surface area contributed by atoms with Crippen LogP contribution in [-0.2, 0) is 4.79 Å². The molecule has 0 radical (unpaired) electrons. The summed E-state index contributed by atoms with van der Waals surface area (Å²) in [6.07, 6.45) is 0.989. The molecule has 19 heavy (non-hydrogen) atoms. The van der Waals surface area contributed by atoms with Crippen LogP contribution in [0.1, 0.15) is 18.0 Å². The van der Waals surface area contributed by atoms with E-state index in [1.165, 1.54) is 0 Å². The normalized spacial score (nSPS) is 19.3. The molecule has 0 bridgehead atoms. The maximum absolute atomic E-state index is 12.0. The molecule has 1 fully saturated rings. The lowest BCUT2D eigenvalue weighted by Gasteiger charge is -2.30. The zero-order chi connectivity index (χ0) is 13.8. The average molecular weight is 326 g/mol. The molecule has 1 amide bonds. The predicted molar refractivity (Wildman–Crippen MR) is 79.8 cm³/mol. The lowest BCUT2D eigenvalue weighted by atomic mass is 10.1. The minimum atomic E-state index is 0.0889. The molecule has 2 N–H and O–H groups in total. The Morgan fingerprint density at radius 1 is 1.37 bits per heavy atom. The summed E-state index contributed by atoms with van der Waals surface area (Å²) in [4.78, 5) is 16.0. The molecule has 1 heterocycles. The van der Waals surface area contributed by atoms with Gasteiger partial charge in [-0.05, 0) is 18.1 Å². The molecule has 5 heteroatoms. The van der Waals surface area contributed by atoms with Crippen molar-refractivity contribution in [3.63, 3.8) is 0 Å². The van der Waals surface area contributed by atoms with E-state index in [1.54, 1.807) is 4.90 Å². The fourth-order valence-corrected chi connectivity index (χ4v) is 3.04. The second-order valence-electron chi connectivity index (χ2n) is 4.91. The second-order valence-corrected chi connectivity index (χ2v) is 5.77. The Kier molecular flexibility index (Phi) is 4.96. The molecule has 0 spiro atoms. The summed E-state index contributed by atoms with van der Waals surface area (Å²) in [6, 6.07) is 8.17. The molecular weight excluding hydrogens is 306 g/mol. The van der Waals surface area contributed by atoms with Crippen molar-refractivity contribution >= 4 is 21.8 Å². The molecule has 4 nitrogen and oxygen atoms in total. The monoisotopic (exact) mass is 325 g/mol. The van der Waals surface area contributed by atoms with Gasteiger partial charge in [-0.3, -0.25) is 9.69 Å². The van der Waals surface area contributed by atoms with Gasteiger partial charge in [0.05, 0.1) is 6.54 Å². The highest BCUT2D eigenvalue weighted by molar-refractivity contribution is 9.10. The maximum Gasteiger partial charge on any atom is 0.236 e. The van der Waals surface area contributed by atoms with Crippen LogP contribution < -0.4 is 5.73 Å². The zero-order valence-corrected chi connectivity index (χ0v) is 12.8. The highest BCUT2D eigenvalue weighted by Gasteiger charge is 2.26. The van der Waals surface area contributed by atoms with Crippen LogP contribution in [0, 0.1) is 0 Å². The minimum Gasteiger partial charge on any atom is -0.345 e. The van der Waals surface area contributed by atoms with E-state index in [0.717, 1.165) is 29.5 Å². The highest BCUT2D eigenvalue weighted by atomic mass is 79.9. The van der Waals surface area contributed by atoms with Crippen LogP contribution in [0.15, 0.2) is 28.7 Å². The van der Waals surface area contributed by atoms with E-state index < -0.39 is 0 Å². The van der Waals surface area contributed by atoms with Crippen molar-refractivity contribution in [3.05, 3.63) is 34.3 Å². The van der Waals surface area contributed by atoms with E-state index >= 15 is 0 Å². The molecule has 0 saturated carbocycles. The topological polar surface area (TPSA) is 49.6 Å². The Labute approximate surface area is 122 Å². The third-order valence-electron chi connectivity index (χ3n) is 3.63. The summed E-state index contributed by atoms with van der Waals surface area (Å²) in [7, 11) is 1.86. The molecule has 104 valence electrons. The molecule has 0 aromatic heterocycles. The standard InChI is InChI=1S/C14H20BrN3O/c1-17-7-4-8-18(10-14(17)19)13(9-16)11-5-2-3-6-12(11)15/h2-3,5-6,13H,4,7-10,16H2,1H3. The highest BCUT2D eigenvalue weighted by Crippen LogP contribution is 2.27. The molecule has 1 aromatic rings. The van der Waals surface area contributed by atoms with Crippen molar-refractivity contribution in [2.75, 3.05) is 33.2 Å². The molecule has 0 aliphatic carbocycles. The number of benzene rings is 1. The number of nitrogens with two attached hydrogens (primary N) is 1. The Hall–Kier alpha value is -0.910. The number of likely N-dealkylation sites (N-methyl/N-ethyl adjacent to an activating group) is 1. The zero-order valence-electron chi connectivity index (χ0n) is 11.2. The fraction of sp³-hybridized carbons (Fsp3) is 0.500. The smallest absolute Gasteiger partial charge is 0.236 e. The Morgan fingerprint density at radius 3 is 2.79 bits per heavy atom. The first-order valence-corrected chi connectivity index (χ1v) is 7.35. The van der Waals surface area contributed by atoms with Gasteiger partial charge in [0, 0.05) is 37.2 Å². The van der Waals surface area contributed by atoms with Crippen LogP contribution >= 0.6 is 15.9 Å². The largest absolute Gasteiger partial charge is 0.345 e. The molecule has 1 aliphatic heterocycles. The molecule has 1 aromatic carbocycles. The van der Waals surface area contributed by atoms with Gasteiger partial charge < -0.3 is 10.6 Å². The summed E-state index contributed by atoms with van der Waals surface area (Å²) < 4.78 is 1.05. The van der Waals surface area contributed by atoms with Crippen LogP contribution in [0.4, 0.5) is 0 Å². The first-order valence-electron chi connectivity index (χ1n) is 6.56. The van der Waals surface area contributed by atoms with E-state index in [0.29, 0.717) is 13.1 Å². The SMILES string of the molecule is CN1CCCN(C(CN)c2ccccc2Br)CC1=O. The maximum atomic E-state index is 12.0. The Balaban J connectivity index is 2.22. The lowest BCUT2D eigenvalue weighted by molar-refractivity contribution is -0.130. The van der Waals surface area contributed by atoms with Crippen molar-refractivity contribution in [3.8, 4) is 0 Å². The first-order chi connectivity index (χ1) is 9.13. The van der Waals surface area contributed by atoms with Gasteiger partial charge in [-0.15, -0.1) is 0 Å². The van der Waals surface area contributed by atoms with Crippen LogP contribution in [0.3, 0.4) is 0 Å². The van der Waals surface area contributed by atoms with E-state index in [-0.39, 0.29) is 11.9 Å². The Morgan fingerprint density at radius 2 is 2.11 bits per heavy atom. The summed E-state index contributed by atoms with van der Waals surface area (Å²) in [6.45, 7) is 2.68. The number of carbonyl (C=O) groups excluding carboxylic acids is 1. The van der Waals surface area contributed by atoms with E-state index in [9.17, 15) is 4.79 Å². The van der Waals surface area contributed by atoms with Crippen molar-refractivity contribution in [2.45, 2.75) is 12.5 Å². The molecule has 1 atom stereocenters. The van der Waals surface area contributed by atoms with Crippen molar-refractivity contribution in [2.24, 2.45) is 5.73 Å². The summed E-state index contributed by atoms with van der Waals surface area (Å²) >= 11 is 3.57. The van der Waals surface area contributed by atoms with Gasteiger partial charge in [0.2, 0.25) is 5.91 Å². The number of hydrogen-bond acceptors (Lipinski definition) is 3. The van der Waals surface area contributed by atoms with Gasteiger partial charge in [0.1, 0.15) is 0 Å². The summed E-state index contributed by atoms with van der Waals surface area (Å²) in [5, 5.41) is 0. The number of halogens is 1. The average Bonchev–Trinajstić information content (AvgIpc) is 2.56. The third kappa shape index (κ3) is 3.35. The van der Waals surface area contributed by atoms with Crippen LogP contribution in [0.25, 0.3) is 0 Å². The fourth-order valence-electron chi connectivity index (χ4n) is 2.49. The lowest BCUT2D eigenvalue weighted by Crippen LogP contribution is -2.39.